The first-order valence-corrected chi connectivity index (χ1v) is 12.2. The van der Waals surface area contributed by atoms with E-state index in [9.17, 15) is 19.6 Å². The van der Waals surface area contributed by atoms with Gasteiger partial charge in [0, 0.05) is 53.7 Å². The topological polar surface area (TPSA) is 123 Å². The molecular formula is C27H25ClN6O3. The second-order valence-electron chi connectivity index (χ2n) is 9.35. The molecule has 2 aromatic carbocycles. The number of nitrogens with zero attached hydrogens (tertiary/aromatic N) is 4. The van der Waals surface area contributed by atoms with Gasteiger partial charge in [-0.2, -0.15) is 5.26 Å². The van der Waals surface area contributed by atoms with Crippen LogP contribution < -0.4 is 16.0 Å². The number of nitrogens with one attached hydrogen (secondary N) is 1. The molecule has 10 heteroatoms. The number of hydrogen-bond acceptors (Lipinski definition) is 7. The van der Waals surface area contributed by atoms with Gasteiger partial charge in [-0.25, -0.2) is 5.01 Å². The lowest BCUT2D eigenvalue weighted by Gasteiger charge is -2.45. The number of nitrogens with two attached hydrogens (primary N) is 1. The smallest absolute Gasteiger partial charge is 0.248 e. The predicted octanol–water partition coefficient (Wildman–Crippen LogP) is 3.06. The summed E-state index contributed by atoms with van der Waals surface area (Å²) in [6.45, 7) is -0.322. The average Bonchev–Trinajstić information content (AvgIpc) is 3.08. The third-order valence-corrected chi connectivity index (χ3v) is 7.20. The lowest BCUT2D eigenvalue weighted by atomic mass is 9.64. The molecule has 0 unspecified atom stereocenters. The van der Waals surface area contributed by atoms with Crippen LogP contribution in [0, 0.1) is 11.3 Å². The summed E-state index contributed by atoms with van der Waals surface area (Å²) < 4.78 is 0. The normalized spacial score (nSPS) is 20.9. The highest BCUT2D eigenvalue weighted by atomic mass is 35.5. The number of hydrazine groups is 1. The van der Waals surface area contributed by atoms with Crippen LogP contribution in [0.3, 0.4) is 0 Å². The minimum atomic E-state index is -1.72. The number of halogens is 1. The van der Waals surface area contributed by atoms with Crippen LogP contribution in [0.2, 0.25) is 5.02 Å². The Bertz CT molecular complexity index is 1460. The molecule has 0 saturated heterocycles. The van der Waals surface area contributed by atoms with E-state index < -0.39 is 17.2 Å². The zero-order valence-corrected chi connectivity index (χ0v) is 21.2. The molecule has 1 aliphatic carbocycles. The zero-order chi connectivity index (χ0) is 26.5. The van der Waals surface area contributed by atoms with Crippen molar-refractivity contribution in [1.82, 2.24) is 10.0 Å². The zero-order valence-electron chi connectivity index (χ0n) is 20.4. The van der Waals surface area contributed by atoms with Gasteiger partial charge in [0.25, 0.3) is 0 Å². The number of allylic oxidation sites excluding steroid dienone is 1. The van der Waals surface area contributed by atoms with E-state index in [1.807, 2.05) is 0 Å². The number of fused-ring (bicyclic) bond motifs is 3. The number of carbonyl (C=O) groups is 3. The average molecular weight is 517 g/mol. The van der Waals surface area contributed by atoms with Crippen molar-refractivity contribution in [3.05, 3.63) is 81.8 Å². The maximum atomic E-state index is 14.4. The van der Waals surface area contributed by atoms with Crippen LogP contribution in [0.5, 0.6) is 0 Å². The van der Waals surface area contributed by atoms with Gasteiger partial charge in [-0.15, -0.1) is 0 Å². The number of benzene rings is 2. The molecule has 0 fully saturated rings. The first-order valence-electron chi connectivity index (χ1n) is 11.8. The van der Waals surface area contributed by atoms with Crippen LogP contribution in [0.15, 0.2) is 71.2 Å². The van der Waals surface area contributed by atoms with Gasteiger partial charge in [0.2, 0.25) is 11.8 Å². The molecule has 5 rings (SSSR count). The number of amides is 2. The third-order valence-electron chi connectivity index (χ3n) is 6.96. The molecule has 3 N–H and O–H groups in total. The molecule has 0 bridgehead atoms. The van der Waals surface area contributed by atoms with E-state index in [0.29, 0.717) is 40.5 Å². The van der Waals surface area contributed by atoms with Crippen molar-refractivity contribution in [2.24, 2.45) is 5.73 Å². The summed E-state index contributed by atoms with van der Waals surface area (Å²) in [7, 11) is 3.53. The summed E-state index contributed by atoms with van der Waals surface area (Å²) in [4.78, 5) is 42.4. The molecule has 0 saturated carbocycles. The Morgan fingerprint density at radius 1 is 1.19 bits per heavy atom. The monoisotopic (exact) mass is 516 g/mol. The van der Waals surface area contributed by atoms with Gasteiger partial charge in [-0.1, -0.05) is 35.9 Å². The molecule has 0 aromatic heterocycles. The Morgan fingerprint density at radius 3 is 2.65 bits per heavy atom. The molecule has 188 valence electrons. The van der Waals surface area contributed by atoms with Crippen LogP contribution in [0.25, 0.3) is 0 Å². The number of hydrogen-bond donors (Lipinski definition) is 2. The van der Waals surface area contributed by atoms with E-state index in [2.05, 4.69) is 11.4 Å². The van der Waals surface area contributed by atoms with Gasteiger partial charge in [0.15, 0.2) is 5.78 Å². The summed E-state index contributed by atoms with van der Waals surface area (Å²) in [5.41, 5.74) is 7.09. The third kappa shape index (κ3) is 3.60. The van der Waals surface area contributed by atoms with Crippen molar-refractivity contribution in [3.63, 3.8) is 0 Å². The number of Topliss-reactive ketones (excluding diaryl/α,β-unsaturated/α-hetero) is 1. The van der Waals surface area contributed by atoms with Crippen LogP contribution in [0.4, 0.5) is 11.4 Å². The highest BCUT2D eigenvalue weighted by molar-refractivity contribution is 6.31. The molecule has 2 heterocycles. The molecule has 2 aromatic rings. The molecule has 2 amide bonds. The van der Waals surface area contributed by atoms with Gasteiger partial charge in [-0.3, -0.25) is 19.4 Å². The number of anilines is 2. The molecule has 9 nitrogen and oxygen atoms in total. The lowest BCUT2D eigenvalue weighted by molar-refractivity contribution is -0.125. The Hall–Kier alpha value is -4.13. The fraction of sp³-hybridized carbons (Fsp3) is 0.259. The number of rotatable bonds is 4. The van der Waals surface area contributed by atoms with Crippen LogP contribution in [-0.2, 0) is 19.8 Å². The Labute approximate surface area is 219 Å². The van der Waals surface area contributed by atoms with Gasteiger partial charge in [0.1, 0.15) is 23.8 Å². The summed E-state index contributed by atoms with van der Waals surface area (Å²) >= 11 is 6.04. The maximum absolute atomic E-state index is 14.4. The van der Waals surface area contributed by atoms with E-state index in [0.717, 1.165) is 0 Å². The Morgan fingerprint density at radius 2 is 1.95 bits per heavy atom. The molecule has 1 spiro atoms. The fourth-order valence-corrected chi connectivity index (χ4v) is 5.83. The predicted molar refractivity (Wildman–Crippen MR) is 139 cm³/mol. The number of nitriles is 1. The minimum Gasteiger partial charge on any atom is -0.383 e. The Kier molecular flexibility index (Phi) is 6.02. The quantitative estimate of drug-likeness (QED) is 0.640. The Balaban J connectivity index is 1.67. The van der Waals surface area contributed by atoms with Gasteiger partial charge in [-0.05, 0) is 37.1 Å². The summed E-state index contributed by atoms with van der Waals surface area (Å²) in [5.74, 6) is -1.11. The van der Waals surface area contributed by atoms with Crippen molar-refractivity contribution in [3.8, 4) is 6.07 Å². The van der Waals surface area contributed by atoms with Crippen molar-refractivity contribution in [1.29, 1.82) is 5.26 Å². The van der Waals surface area contributed by atoms with E-state index in [-0.39, 0.29) is 35.7 Å². The van der Waals surface area contributed by atoms with E-state index in [1.54, 1.807) is 72.6 Å². The van der Waals surface area contributed by atoms with Crippen molar-refractivity contribution >= 4 is 40.6 Å². The molecule has 0 radical (unpaired) electrons. The fourth-order valence-electron chi connectivity index (χ4n) is 5.63. The van der Waals surface area contributed by atoms with Crippen molar-refractivity contribution in [2.45, 2.75) is 24.7 Å². The van der Waals surface area contributed by atoms with Crippen LogP contribution in [-0.4, -0.2) is 48.3 Å². The largest absolute Gasteiger partial charge is 0.383 e. The van der Waals surface area contributed by atoms with Gasteiger partial charge < -0.3 is 16.0 Å². The second kappa shape index (κ2) is 9.07. The number of carbonyl (C=O) groups excluding carboxylic acids is 3. The minimum absolute atomic E-state index is 0.0228. The molecule has 2 aliphatic heterocycles. The number of para-hydroxylation sites is 1. The first kappa shape index (κ1) is 24.6. The van der Waals surface area contributed by atoms with Crippen LogP contribution >= 0.6 is 11.6 Å². The van der Waals surface area contributed by atoms with Crippen molar-refractivity contribution < 1.29 is 14.4 Å². The van der Waals surface area contributed by atoms with Crippen molar-refractivity contribution in [2.75, 3.05) is 30.9 Å². The lowest BCUT2D eigenvalue weighted by Crippen LogP contribution is -2.55. The second-order valence-corrected chi connectivity index (χ2v) is 9.78. The van der Waals surface area contributed by atoms with Gasteiger partial charge in [0.05, 0.1) is 5.57 Å². The molecule has 37 heavy (non-hydrogen) atoms. The van der Waals surface area contributed by atoms with E-state index >= 15 is 0 Å². The summed E-state index contributed by atoms with van der Waals surface area (Å²) in [6, 6.07) is 15.8. The first-order chi connectivity index (χ1) is 17.7. The molecule has 3 aliphatic rings. The summed E-state index contributed by atoms with van der Waals surface area (Å²) in [5, 5.41) is 16.9. The highest BCUT2D eigenvalue weighted by Gasteiger charge is 2.62. The van der Waals surface area contributed by atoms with Gasteiger partial charge >= 0.3 is 0 Å². The molecular weight excluding hydrogens is 492 g/mol. The maximum Gasteiger partial charge on any atom is 0.248 e. The van der Waals surface area contributed by atoms with E-state index in [4.69, 9.17) is 17.3 Å². The number of ketones is 1. The molecule has 1 atom stereocenters. The highest BCUT2D eigenvalue weighted by Crippen LogP contribution is 2.56. The standard InChI is InChI=1S/C27H25ClN6O3/c1-32(2)34-21-11-6-12-22(35)24(21)27(19(14-29)25(34)30)18-9-3-4-10-20(18)33(26(27)37)15-23(36)31-17-8-5-7-16(28)13-17/h3-5,7-10,13H,6,11-12,15,30H2,1-2H3,(H,31,36)/t27-/m0/s1. The van der Waals surface area contributed by atoms with E-state index in [1.165, 1.54) is 4.90 Å². The summed E-state index contributed by atoms with van der Waals surface area (Å²) in [6.07, 6.45) is 1.38. The van der Waals surface area contributed by atoms with Crippen LogP contribution in [0.1, 0.15) is 24.8 Å². The SMILES string of the molecule is CN(C)N1C(N)=C(C#N)[C@]2(C(=O)N(CC(=O)Nc3cccc(Cl)c3)c3ccccc32)C2=C1CCCC2=O.